The van der Waals surface area contributed by atoms with E-state index in [0.29, 0.717) is 11.5 Å². The van der Waals surface area contributed by atoms with E-state index in [0.717, 1.165) is 94.8 Å². The van der Waals surface area contributed by atoms with Gasteiger partial charge < -0.3 is 9.47 Å². The van der Waals surface area contributed by atoms with Crippen LogP contribution in [0.4, 0.5) is 0 Å². The van der Waals surface area contributed by atoms with E-state index in [1.54, 1.807) is 6.08 Å². The zero-order chi connectivity index (χ0) is 30.3. The first-order valence-corrected chi connectivity index (χ1v) is 16.6. The number of esters is 2. The third kappa shape index (κ3) is 9.24. The van der Waals surface area contributed by atoms with Crippen LogP contribution in [0.5, 0.6) is 11.5 Å². The van der Waals surface area contributed by atoms with Gasteiger partial charge in [0.15, 0.2) is 0 Å². The highest BCUT2D eigenvalue weighted by Crippen LogP contribution is 2.42. The maximum absolute atomic E-state index is 13.2. The number of hydrogen-bond donors (Lipinski definition) is 0. The van der Waals surface area contributed by atoms with Crippen LogP contribution in [0.25, 0.3) is 0 Å². The predicted molar refractivity (Wildman–Crippen MR) is 171 cm³/mol. The van der Waals surface area contributed by atoms with Crippen LogP contribution in [0.15, 0.2) is 36.4 Å². The number of carbonyl (C=O) groups excluding carboxylic acids is 2. The lowest BCUT2D eigenvalue weighted by molar-refractivity contribution is -0.136. The number of nitrogens with zero attached hydrogens (tertiary/aromatic N) is 4. The molecule has 8 heteroatoms. The summed E-state index contributed by atoms with van der Waals surface area (Å²) in [5.41, 5.74) is 3.08. The van der Waals surface area contributed by atoms with Gasteiger partial charge >= 0.3 is 11.9 Å². The molecular weight excluding hydrogens is 540 g/mol. The molecule has 2 aliphatic heterocycles. The second kappa shape index (κ2) is 15.0. The Morgan fingerprint density at radius 1 is 0.791 bits per heavy atom. The molecule has 0 radical (unpaired) electrons. The molecule has 3 aliphatic carbocycles. The largest absolute Gasteiger partial charge is 0.425 e. The Bertz CT molecular complexity index is 1090. The lowest BCUT2D eigenvalue weighted by Crippen LogP contribution is -2.49. The molecule has 236 valence electrons. The van der Waals surface area contributed by atoms with Crippen LogP contribution < -0.4 is 9.47 Å². The van der Waals surface area contributed by atoms with Crippen LogP contribution in [0.2, 0.25) is 0 Å². The molecule has 1 unspecified atom stereocenters. The monoisotopic (exact) mass is 592 g/mol. The van der Waals surface area contributed by atoms with Crippen molar-refractivity contribution < 1.29 is 19.1 Å². The summed E-state index contributed by atoms with van der Waals surface area (Å²) in [4.78, 5) is 35.9. The van der Waals surface area contributed by atoms with Crippen LogP contribution in [0, 0.1) is 6.92 Å². The number of ether oxygens (including phenoxy) is 2. The summed E-state index contributed by atoms with van der Waals surface area (Å²) in [7, 11) is 0. The van der Waals surface area contributed by atoms with Gasteiger partial charge in [-0.25, -0.2) is 0 Å². The summed E-state index contributed by atoms with van der Waals surface area (Å²) >= 11 is 0. The molecule has 5 aliphatic rings. The molecule has 1 atom stereocenters. The van der Waals surface area contributed by atoms with E-state index in [2.05, 4.69) is 39.2 Å². The van der Waals surface area contributed by atoms with Gasteiger partial charge in [-0.2, -0.15) is 0 Å². The summed E-state index contributed by atoms with van der Waals surface area (Å²) in [6, 6.07) is 5.41. The van der Waals surface area contributed by atoms with Gasteiger partial charge in [0, 0.05) is 75.9 Å². The minimum absolute atomic E-state index is 0.0594. The number of hydrogen-bond acceptors (Lipinski definition) is 8. The topological polar surface area (TPSA) is 65.6 Å². The van der Waals surface area contributed by atoms with Gasteiger partial charge in [0.05, 0.1) is 13.1 Å². The normalized spacial score (nSPS) is 24.0. The van der Waals surface area contributed by atoms with E-state index in [9.17, 15) is 9.59 Å². The molecule has 1 aromatic rings. The standard InChI is InChI=1S/C32H46N4O4.C3H6/c1-23-4-3-5-25(18-23)32-28(39-30(37)21-33-10-14-35(15-11-33)26-6-7-26)19-24(2)20-29(32)40-31(38)22-34-12-16-36(17-13-34)27-8-9-27;1-3-2/h18-20,25-27H,3-17,21-22H2,1-2H3;3H,1H2,2H3. The van der Waals surface area contributed by atoms with Crippen molar-refractivity contribution in [1.29, 1.82) is 0 Å². The average Bonchev–Trinajstić information content (AvgIpc) is 3.88. The Morgan fingerprint density at radius 3 is 1.63 bits per heavy atom. The fourth-order valence-electron chi connectivity index (χ4n) is 6.73. The summed E-state index contributed by atoms with van der Waals surface area (Å²) in [6.07, 6.45) is 12.4. The van der Waals surface area contributed by atoms with E-state index in [1.165, 1.54) is 31.3 Å². The molecule has 0 amide bonds. The van der Waals surface area contributed by atoms with Gasteiger partial charge in [-0.1, -0.05) is 17.7 Å². The highest BCUT2D eigenvalue weighted by molar-refractivity contribution is 5.78. The summed E-state index contributed by atoms with van der Waals surface area (Å²) < 4.78 is 12.2. The van der Waals surface area contributed by atoms with Gasteiger partial charge in [-0.3, -0.25) is 29.2 Å². The minimum Gasteiger partial charge on any atom is -0.425 e. The number of piperazine rings is 2. The zero-order valence-electron chi connectivity index (χ0n) is 26.7. The van der Waals surface area contributed by atoms with Crippen molar-refractivity contribution >= 4 is 11.9 Å². The summed E-state index contributed by atoms with van der Waals surface area (Å²) in [5.74, 6) is 0.657. The van der Waals surface area contributed by atoms with Crippen LogP contribution in [0.3, 0.4) is 0 Å². The lowest BCUT2D eigenvalue weighted by atomic mass is 9.84. The number of carbonyl (C=O) groups is 2. The van der Waals surface area contributed by atoms with E-state index in [1.807, 2.05) is 26.0 Å². The Hall–Kier alpha value is -2.52. The van der Waals surface area contributed by atoms with Crippen molar-refractivity contribution in [2.24, 2.45) is 0 Å². The molecule has 0 N–H and O–H groups in total. The molecule has 8 nitrogen and oxygen atoms in total. The van der Waals surface area contributed by atoms with E-state index < -0.39 is 0 Å². The van der Waals surface area contributed by atoms with Crippen molar-refractivity contribution in [2.45, 2.75) is 83.7 Å². The van der Waals surface area contributed by atoms with Crippen LogP contribution in [-0.2, 0) is 9.59 Å². The molecule has 6 rings (SSSR count). The lowest BCUT2D eigenvalue weighted by Gasteiger charge is -2.34. The van der Waals surface area contributed by atoms with E-state index in [-0.39, 0.29) is 30.9 Å². The Morgan fingerprint density at radius 2 is 1.23 bits per heavy atom. The fraction of sp³-hybridized carbons (Fsp3) is 0.657. The summed E-state index contributed by atoms with van der Waals surface area (Å²) in [6.45, 7) is 17.6. The quantitative estimate of drug-likeness (QED) is 0.231. The molecule has 0 aromatic heterocycles. The maximum atomic E-state index is 13.2. The molecule has 0 bridgehead atoms. The number of benzene rings is 1. The first kappa shape index (κ1) is 31.9. The first-order valence-electron chi connectivity index (χ1n) is 16.6. The van der Waals surface area contributed by atoms with Crippen molar-refractivity contribution in [2.75, 3.05) is 65.4 Å². The molecule has 1 aromatic carbocycles. The van der Waals surface area contributed by atoms with Gasteiger partial charge in [0.2, 0.25) is 0 Å². The smallest absolute Gasteiger partial charge is 0.325 e. The number of aryl methyl sites for hydroxylation is 1. The minimum atomic E-state index is -0.242. The highest BCUT2D eigenvalue weighted by Gasteiger charge is 2.33. The second-order valence-corrected chi connectivity index (χ2v) is 13.1. The predicted octanol–water partition coefficient (Wildman–Crippen LogP) is 4.77. The Kier molecular flexibility index (Phi) is 11.1. The van der Waals surface area contributed by atoms with Crippen molar-refractivity contribution in [1.82, 2.24) is 19.6 Å². The zero-order valence-corrected chi connectivity index (χ0v) is 26.7. The number of allylic oxidation sites excluding steroid dienone is 3. The first-order chi connectivity index (χ1) is 20.8. The SMILES string of the molecule is C=CC.CC1=CC(c2c(OC(=O)CN3CCN(C4CC4)CC3)cc(C)cc2OC(=O)CN2CCN(C3CC3)CC2)CCC1. The highest BCUT2D eigenvalue weighted by atomic mass is 16.5. The van der Waals surface area contributed by atoms with Gasteiger partial charge in [-0.05, 0) is 83.4 Å². The fourth-order valence-corrected chi connectivity index (χ4v) is 6.73. The molecule has 2 heterocycles. The molecule has 2 saturated heterocycles. The molecule has 43 heavy (non-hydrogen) atoms. The number of rotatable bonds is 9. The molecule has 0 spiro atoms. The maximum Gasteiger partial charge on any atom is 0.325 e. The van der Waals surface area contributed by atoms with E-state index in [4.69, 9.17) is 9.47 Å². The van der Waals surface area contributed by atoms with Gasteiger partial charge in [0.25, 0.3) is 0 Å². The van der Waals surface area contributed by atoms with Crippen molar-refractivity contribution in [3.63, 3.8) is 0 Å². The van der Waals surface area contributed by atoms with E-state index >= 15 is 0 Å². The van der Waals surface area contributed by atoms with Gasteiger partial charge in [0.1, 0.15) is 11.5 Å². The second-order valence-electron chi connectivity index (χ2n) is 13.1. The van der Waals surface area contributed by atoms with Crippen molar-refractivity contribution in [3.8, 4) is 11.5 Å². The van der Waals surface area contributed by atoms with Crippen LogP contribution >= 0.6 is 0 Å². The molecule has 2 saturated carbocycles. The summed E-state index contributed by atoms with van der Waals surface area (Å²) in [5, 5.41) is 0. The Labute approximate surface area is 258 Å². The third-order valence-corrected chi connectivity index (χ3v) is 9.28. The average molecular weight is 593 g/mol. The Balaban J connectivity index is 0.00000118. The van der Waals surface area contributed by atoms with Crippen LogP contribution in [-0.4, -0.2) is 109 Å². The molecule has 4 fully saturated rings. The molecular formula is C35H52N4O4. The van der Waals surface area contributed by atoms with Crippen LogP contribution in [0.1, 0.15) is 75.8 Å². The van der Waals surface area contributed by atoms with Crippen molar-refractivity contribution in [3.05, 3.63) is 47.6 Å². The third-order valence-electron chi connectivity index (χ3n) is 9.28. The van der Waals surface area contributed by atoms with Gasteiger partial charge in [-0.15, -0.1) is 6.58 Å².